The molecule has 1 saturated heterocycles. The van der Waals surface area contributed by atoms with Crippen LogP contribution in [0.4, 0.5) is 20.5 Å². The Kier molecular flexibility index (Phi) is 9.08. The van der Waals surface area contributed by atoms with Crippen molar-refractivity contribution in [3.8, 4) is 0 Å². The maximum Gasteiger partial charge on any atom is 0.332 e. The molecule has 170 valence electrons. The maximum absolute atomic E-state index is 14.2. The van der Waals surface area contributed by atoms with Gasteiger partial charge in [-0.25, -0.2) is 14.4 Å². The number of halogens is 2. The topological polar surface area (TPSA) is 118 Å². The van der Waals surface area contributed by atoms with Gasteiger partial charge < -0.3 is 20.8 Å². The second-order valence-corrected chi connectivity index (χ2v) is 6.51. The molecule has 2 aromatic rings. The molecule has 10 heteroatoms. The van der Waals surface area contributed by atoms with Crippen molar-refractivity contribution in [3.05, 3.63) is 53.5 Å². The number of morpholine rings is 1. The van der Waals surface area contributed by atoms with Crippen LogP contribution >= 0.6 is 0 Å². The number of allylic oxidation sites excluding steroid dienone is 1. The van der Waals surface area contributed by atoms with Gasteiger partial charge in [0.05, 0.1) is 25.0 Å². The summed E-state index contributed by atoms with van der Waals surface area (Å²) < 4.78 is 32.2. The predicted octanol–water partition coefficient (Wildman–Crippen LogP) is 3.70. The zero-order valence-corrected chi connectivity index (χ0v) is 18.2. The zero-order chi connectivity index (χ0) is 23.7. The van der Waals surface area contributed by atoms with Crippen LogP contribution in [-0.4, -0.2) is 53.9 Å². The Bertz CT molecular complexity index is 1020. The molecule has 0 spiro atoms. The van der Waals surface area contributed by atoms with Crippen LogP contribution in [0.2, 0.25) is 0 Å². The van der Waals surface area contributed by atoms with Gasteiger partial charge in [0.1, 0.15) is 5.84 Å². The summed E-state index contributed by atoms with van der Waals surface area (Å²) in [7, 11) is 0. The monoisotopic (exact) mass is 444 g/mol. The van der Waals surface area contributed by atoms with Crippen molar-refractivity contribution >= 4 is 34.9 Å². The minimum atomic E-state index is -1.55. The number of nitrogens with two attached hydrogens (primary N) is 1. The summed E-state index contributed by atoms with van der Waals surface area (Å²) in [6.45, 7) is 7.75. The fourth-order valence-corrected chi connectivity index (χ4v) is 2.83. The molecule has 0 bridgehead atoms. The number of nitrogens with one attached hydrogen (secondary N) is 1. The quantitative estimate of drug-likeness (QED) is 0.399. The fraction of sp³-hybridized carbons (Fsp3) is 0.318. The molecule has 2 heterocycles. The number of carbonyl (C=O) groups excluding carboxylic acids is 1. The Morgan fingerprint density at radius 1 is 1.22 bits per heavy atom. The van der Waals surface area contributed by atoms with Gasteiger partial charge in [-0.1, -0.05) is 26.0 Å². The van der Waals surface area contributed by atoms with Crippen molar-refractivity contribution in [2.24, 2.45) is 10.7 Å². The van der Waals surface area contributed by atoms with E-state index in [0.29, 0.717) is 43.4 Å². The van der Waals surface area contributed by atoms with E-state index in [9.17, 15) is 13.6 Å². The molecule has 3 rings (SSSR count). The molecule has 1 aromatic carbocycles. The summed E-state index contributed by atoms with van der Waals surface area (Å²) in [4.78, 5) is 24.8. The lowest BCUT2D eigenvalue weighted by Crippen LogP contribution is -2.37. The summed E-state index contributed by atoms with van der Waals surface area (Å²) in [5.41, 5.74) is 6.94. The molecule has 1 fully saturated rings. The van der Waals surface area contributed by atoms with E-state index in [0.717, 1.165) is 6.20 Å². The molecule has 0 unspecified atom stereocenters. The van der Waals surface area contributed by atoms with Crippen molar-refractivity contribution in [1.82, 2.24) is 9.97 Å². The minimum absolute atomic E-state index is 0.0761. The van der Waals surface area contributed by atoms with Crippen LogP contribution in [0, 0.1) is 11.2 Å². The Morgan fingerprint density at radius 3 is 2.38 bits per heavy atom. The largest absolute Gasteiger partial charge is 0.384 e. The number of rotatable bonds is 6. The van der Waals surface area contributed by atoms with E-state index in [2.05, 4.69) is 15.0 Å². The highest BCUT2D eigenvalue weighted by molar-refractivity contribution is 6.25. The highest BCUT2D eigenvalue weighted by atomic mass is 19.1. The van der Waals surface area contributed by atoms with Crippen molar-refractivity contribution in [2.75, 3.05) is 31.2 Å². The van der Waals surface area contributed by atoms with E-state index < -0.39 is 11.9 Å². The summed E-state index contributed by atoms with van der Waals surface area (Å²) in [6, 6.07) is 4.05. The van der Waals surface area contributed by atoms with E-state index in [1.807, 2.05) is 18.7 Å². The number of hydrogen-bond donors (Lipinski definition) is 2. The lowest BCUT2D eigenvalue weighted by Gasteiger charge is -2.26. The molecule has 1 aliphatic rings. The third-order valence-corrected chi connectivity index (χ3v) is 4.36. The lowest BCUT2D eigenvalue weighted by molar-refractivity contribution is 0.0836. The number of anilines is 1. The second kappa shape index (κ2) is 11.8. The SMILES string of the molecule is CC.CC(=N)/C(=C\C(N)=Nc1nc(N2CCOCC2)ncc1F)c1ccc(C(=O)F)cc1. The summed E-state index contributed by atoms with van der Waals surface area (Å²) in [5.74, 6) is -0.708. The first kappa shape index (κ1) is 24.7. The van der Waals surface area contributed by atoms with Gasteiger partial charge in [-0.15, -0.1) is 0 Å². The molecule has 0 atom stereocenters. The normalized spacial score (nSPS) is 14.5. The number of nitrogens with zero attached hydrogens (tertiary/aromatic N) is 4. The van der Waals surface area contributed by atoms with E-state index in [4.69, 9.17) is 15.9 Å². The zero-order valence-electron chi connectivity index (χ0n) is 18.2. The molecule has 1 aliphatic heterocycles. The van der Waals surface area contributed by atoms with Gasteiger partial charge in [0.2, 0.25) is 5.95 Å². The number of carbonyl (C=O) groups is 1. The van der Waals surface area contributed by atoms with Gasteiger partial charge in [-0.2, -0.15) is 9.37 Å². The van der Waals surface area contributed by atoms with E-state index in [-0.39, 0.29) is 22.9 Å². The van der Waals surface area contributed by atoms with Crippen LogP contribution < -0.4 is 10.6 Å². The second-order valence-electron chi connectivity index (χ2n) is 6.51. The number of amidine groups is 1. The molecule has 0 aliphatic carbocycles. The maximum atomic E-state index is 14.2. The molecule has 0 saturated carbocycles. The molecule has 3 N–H and O–H groups in total. The minimum Gasteiger partial charge on any atom is -0.384 e. The first-order valence-electron chi connectivity index (χ1n) is 10.1. The van der Waals surface area contributed by atoms with Crippen molar-refractivity contribution in [3.63, 3.8) is 0 Å². The molecule has 1 aromatic heterocycles. The van der Waals surface area contributed by atoms with E-state index in [1.165, 1.54) is 37.3 Å². The number of aliphatic imine (C=N–C) groups is 1. The standard InChI is InChI=1S/C20H20F2N6O2.C2H6/c1-12(23)15(13-2-4-14(5-3-13)18(22)29)10-17(24)26-19-16(21)11-25-20(27-19)28-6-8-30-9-7-28;1-2/h2-5,10-11,23H,6-9H2,1H3,(H2,24,25,26,27);1-2H3/b15-10+,23-12?;. The van der Waals surface area contributed by atoms with E-state index in [1.54, 1.807) is 0 Å². The Balaban J connectivity index is 0.00000176. The number of hydrogen-bond acceptors (Lipinski definition) is 7. The summed E-state index contributed by atoms with van der Waals surface area (Å²) in [5, 5.41) is 7.97. The van der Waals surface area contributed by atoms with Crippen LogP contribution in [0.25, 0.3) is 5.57 Å². The van der Waals surface area contributed by atoms with Gasteiger partial charge in [-0.05, 0) is 30.7 Å². The smallest absolute Gasteiger partial charge is 0.332 e. The summed E-state index contributed by atoms with van der Waals surface area (Å²) in [6.07, 6.45) is 2.42. The van der Waals surface area contributed by atoms with Crippen LogP contribution in [0.3, 0.4) is 0 Å². The van der Waals surface area contributed by atoms with Crippen LogP contribution in [0.1, 0.15) is 36.7 Å². The number of benzene rings is 1. The van der Waals surface area contributed by atoms with Gasteiger partial charge in [-0.3, -0.25) is 4.79 Å². The van der Waals surface area contributed by atoms with Crippen molar-refractivity contribution in [2.45, 2.75) is 20.8 Å². The summed E-state index contributed by atoms with van der Waals surface area (Å²) >= 11 is 0. The third kappa shape index (κ3) is 6.48. The average molecular weight is 444 g/mol. The van der Waals surface area contributed by atoms with Crippen LogP contribution in [-0.2, 0) is 4.74 Å². The molecule has 8 nitrogen and oxygen atoms in total. The third-order valence-electron chi connectivity index (χ3n) is 4.36. The van der Waals surface area contributed by atoms with Gasteiger partial charge in [0.25, 0.3) is 0 Å². The highest BCUT2D eigenvalue weighted by Crippen LogP contribution is 2.20. The van der Waals surface area contributed by atoms with Crippen LogP contribution in [0.15, 0.2) is 41.5 Å². The Hall–Kier alpha value is -3.53. The van der Waals surface area contributed by atoms with Crippen molar-refractivity contribution < 1.29 is 18.3 Å². The predicted molar refractivity (Wildman–Crippen MR) is 121 cm³/mol. The van der Waals surface area contributed by atoms with Gasteiger partial charge in [0.15, 0.2) is 11.6 Å². The van der Waals surface area contributed by atoms with E-state index >= 15 is 0 Å². The first-order chi connectivity index (χ1) is 15.3. The molecular weight excluding hydrogens is 418 g/mol. The van der Waals surface area contributed by atoms with Crippen LogP contribution in [0.5, 0.6) is 0 Å². The average Bonchev–Trinajstić information content (AvgIpc) is 2.80. The molecule has 0 amide bonds. The Labute approximate surface area is 185 Å². The fourth-order valence-electron chi connectivity index (χ4n) is 2.83. The van der Waals surface area contributed by atoms with Crippen molar-refractivity contribution in [1.29, 1.82) is 5.41 Å². The molecule has 32 heavy (non-hydrogen) atoms. The number of aromatic nitrogens is 2. The first-order valence-corrected chi connectivity index (χ1v) is 10.1. The van der Waals surface area contributed by atoms with Gasteiger partial charge in [0, 0.05) is 24.4 Å². The molecular formula is C22H26F2N6O2. The Morgan fingerprint density at radius 2 is 1.81 bits per heavy atom. The lowest BCUT2D eigenvalue weighted by atomic mass is 10.00. The highest BCUT2D eigenvalue weighted by Gasteiger charge is 2.16. The number of ether oxygens (including phenoxy) is 1. The molecule has 0 radical (unpaired) electrons. The van der Waals surface area contributed by atoms with Gasteiger partial charge >= 0.3 is 6.04 Å².